The summed E-state index contributed by atoms with van der Waals surface area (Å²) in [4.78, 5) is 23.9. The normalized spacial score (nSPS) is 20.5. The Morgan fingerprint density at radius 1 is 1.33 bits per heavy atom. The van der Waals surface area contributed by atoms with Gasteiger partial charge in [-0.1, -0.05) is 30.3 Å². The molecule has 2 amide bonds. The Balaban J connectivity index is 2.23. The second-order valence-electron chi connectivity index (χ2n) is 5.35. The number of aryl methyl sites for hydroxylation is 1. The SMILES string of the molecule is CC1=C(C#N)[C@](NC(=O)CCc2ccccc2)(C(F)(F)F)C(=O)N1. The largest absolute Gasteiger partial charge is 0.425 e. The number of nitriles is 1. The van der Waals surface area contributed by atoms with Crippen LogP contribution in [0.15, 0.2) is 41.6 Å². The average molecular weight is 337 g/mol. The van der Waals surface area contributed by atoms with Crippen molar-refractivity contribution < 1.29 is 22.8 Å². The molecule has 5 nitrogen and oxygen atoms in total. The van der Waals surface area contributed by atoms with Crippen LogP contribution in [0.3, 0.4) is 0 Å². The Morgan fingerprint density at radius 2 is 1.96 bits per heavy atom. The van der Waals surface area contributed by atoms with E-state index >= 15 is 0 Å². The van der Waals surface area contributed by atoms with Gasteiger partial charge in [-0.05, 0) is 18.9 Å². The predicted molar refractivity (Wildman–Crippen MR) is 78.1 cm³/mol. The van der Waals surface area contributed by atoms with Crippen molar-refractivity contribution in [1.29, 1.82) is 5.26 Å². The first kappa shape index (κ1) is 17.5. The first-order chi connectivity index (χ1) is 11.2. The van der Waals surface area contributed by atoms with Gasteiger partial charge in [0.2, 0.25) is 5.91 Å². The van der Waals surface area contributed by atoms with Gasteiger partial charge < -0.3 is 10.6 Å². The number of hydrogen-bond acceptors (Lipinski definition) is 3. The number of halogens is 3. The van der Waals surface area contributed by atoms with Gasteiger partial charge in [-0.15, -0.1) is 0 Å². The number of rotatable bonds is 4. The number of amides is 2. The Hall–Kier alpha value is -2.82. The number of carbonyl (C=O) groups excluding carboxylic acids is 2. The van der Waals surface area contributed by atoms with E-state index in [0.29, 0.717) is 0 Å². The van der Waals surface area contributed by atoms with E-state index in [2.05, 4.69) is 0 Å². The van der Waals surface area contributed by atoms with Crippen molar-refractivity contribution in [3.05, 3.63) is 47.2 Å². The molecule has 0 unspecified atom stereocenters. The molecule has 2 rings (SSSR count). The fraction of sp³-hybridized carbons (Fsp3) is 0.312. The van der Waals surface area contributed by atoms with Gasteiger partial charge in [0, 0.05) is 12.1 Å². The number of allylic oxidation sites excluding steroid dienone is 1. The maximum absolute atomic E-state index is 13.5. The van der Waals surface area contributed by atoms with Gasteiger partial charge in [0.25, 0.3) is 11.4 Å². The van der Waals surface area contributed by atoms with Crippen molar-refractivity contribution in [2.24, 2.45) is 0 Å². The van der Waals surface area contributed by atoms with Crippen LogP contribution in [0.1, 0.15) is 18.9 Å². The van der Waals surface area contributed by atoms with Gasteiger partial charge in [0.1, 0.15) is 0 Å². The quantitative estimate of drug-likeness (QED) is 0.881. The summed E-state index contributed by atoms with van der Waals surface area (Å²) < 4.78 is 40.6. The maximum Gasteiger partial charge on any atom is 0.425 e. The molecular formula is C16H14F3N3O2. The minimum atomic E-state index is -5.14. The molecular weight excluding hydrogens is 323 g/mol. The number of carbonyl (C=O) groups is 2. The van der Waals surface area contributed by atoms with Crippen LogP contribution in [0.25, 0.3) is 0 Å². The second kappa shape index (κ2) is 6.35. The Labute approximate surface area is 136 Å². The minimum absolute atomic E-state index is 0.215. The summed E-state index contributed by atoms with van der Waals surface area (Å²) in [6, 6.07) is 10.1. The number of nitrogens with zero attached hydrogens (tertiary/aromatic N) is 1. The molecule has 0 spiro atoms. The summed E-state index contributed by atoms with van der Waals surface area (Å²) in [7, 11) is 0. The fourth-order valence-corrected chi connectivity index (χ4v) is 2.52. The van der Waals surface area contributed by atoms with Crippen molar-refractivity contribution >= 4 is 11.8 Å². The fourth-order valence-electron chi connectivity index (χ4n) is 2.52. The lowest BCUT2D eigenvalue weighted by Crippen LogP contribution is -2.64. The van der Waals surface area contributed by atoms with E-state index in [1.54, 1.807) is 35.6 Å². The van der Waals surface area contributed by atoms with Crippen LogP contribution in [0, 0.1) is 11.3 Å². The summed E-state index contributed by atoms with van der Waals surface area (Å²) in [6.07, 6.45) is -5.16. The van der Waals surface area contributed by atoms with Crippen LogP contribution in [0.2, 0.25) is 0 Å². The molecule has 0 bridgehead atoms. The highest BCUT2D eigenvalue weighted by molar-refractivity contribution is 6.00. The highest BCUT2D eigenvalue weighted by Gasteiger charge is 2.67. The highest BCUT2D eigenvalue weighted by atomic mass is 19.4. The summed E-state index contributed by atoms with van der Waals surface area (Å²) in [5.74, 6) is -2.44. The van der Waals surface area contributed by atoms with Crippen molar-refractivity contribution in [2.45, 2.75) is 31.5 Å². The molecule has 126 valence electrons. The molecule has 1 heterocycles. The molecule has 24 heavy (non-hydrogen) atoms. The van der Waals surface area contributed by atoms with Crippen molar-refractivity contribution in [3.8, 4) is 6.07 Å². The van der Waals surface area contributed by atoms with E-state index in [1.165, 1.54) is 13.0 Å². The van der Waals surface area contributed by atoms with E-state index in [4.69, 9.17) is 5.26 Å². The third-order valence-corrected chi connectivity index (χ3v) is 3.74. The Kier molecular flexibility index (Phi) is 4.64. The molecule has 0 saturated heterocycles. The monoisotopic (exact) mass is 337 g/mol. The van der Waals surface area contributed by atoms with Crippen LogP contribution >= 0.6 is 0 Å². The summed E-state index contributed by atoms with van der Waals surface area (Å²) in [5.41, 5.74) is -3.62. The lowest BCUT2D eigenvalue weighted by molar-refractivity contribution is -0.189. The molecule has 0 saturated carbocycles. The van der Waals surface area contributed by atoms with Gasteiger partial charge >= 0.3 is 6.18 Å². The summed E-state index contributed by atoms with van der Waals surface area (Å²) >= 11 is 0. The van der Waals surface area contributed by atoms with Crippen LogP contribution in [-0.2, 0) is 16.0 Å². The van der Waals surface area contributed by atoms with E-state index in [1.807, 2.05) is 5.32 Å². The predicted octanol–water partition coefficient (Wildman–Crippen LogP) is 1.96. The highest BCUT2D eigenvalue weighted by Crippen LogP contribution is 2.40. The first-order valence-corrected chi connectivity index (χ1v) is 7.07. The van der Waals surface area contributed by atoms with E-state index in [-0.39, 0.29) is 18.5 Å². The summed E-state index contributed by atoms with van der Waals surface area (Å²) in [6.45, 7) is 1.18. The third kappa shape index (κ3) is 2.97. The summed E-state index contributed by atoms with van der Waals surface area (Å²) in [5, 5.41) is 12.7. The molecule has 8 heteroatoms. The molecule has 2 N–H and O–H groups in total. The first-order valence-electron chi connectivity index (χ1n) is 7.07. The van der Waals surface area contributed by atoms with Crippen LogP contribution < -0.4 is 10.6 Å². The molecule has 1 aromatic carbocycles. The molecule has 0 radical (unpaired) electrons. The molecule has 1 atom stereocenters. The number of nitrogens with one attached hydrogen (secondary N) is 2. The number of benzene rings is 1. The van der Waals surface area contributed by atoms with Crippen molar-refractivity contribution in [2.75, 3.05) is 0 Å². The molecule has 1 aliphatic rings. The van der Waals surface area contributed by atoms with Gasteiger partial charge in [-0.25, -0.2) is 0 Å². The average Bonchev–Trinajstić information content (AvgIpc) is 2.76. The van der Waals surface area contributed by atoms with Crippen molar-refractivity contribution in [3.63, 3.8) is 0 Å². The standard InChI is InChI=1S/C16H14F3N3O2/c1-10-12(9-20)15(14(24)21-10,16(17,18)19)22-13(23)8-7-11-5-3-2-4-6-11/h2-6H,7-8H2,1H3,(H,21,24)(H,22,23)/t15-/m1/s1. The zero-order valence-electron chi connectivity index (χ0n) is 12.7. The van der Waals surface area contributed by atoms with Gasteiger partial charge in [0.05, 0.1) is 11.6 Å². The Bertz CT molecular complexity index is 735. The lowest BCUT2D eigenvalue weighted by Gasteiger charge is -2.30. The van der Waals surface area contributed by atoms with E-state index < -0.39 is 29.1 Å². The number of alkyl halides is 3. The minimum Gasteiger partial charge on any atom is -0.330 e. The zero-order chi connectivity index (χ0) is 18.0. The number of hydrogen-bond donors (Lipinski definition) is 2. The topological polar surface area (TPSA) is 82.0 Å². The third-order valence-electron chi connectivity index (χ3n) is 3.74. The van der Waals surface area contributed by atoms with E-state index in [0.717, 1.165) is 5.56 Å². The van der Waals surface area contributed by atoms with Crippen molar-refractivity contribution in [1.82, 2.24) is 10.6 Å². The van der Waals surface area contributed by atoms with Gasteiger partial charge in [0.15, 0.2) is 0 Å². The molecule has 0 aromatic heterocycles. The lowest BCUT2D eigenvalue weighted by atomic mass is 9.90. The molecule has 1 aliphatic heterocycles. The van der Waals surface area contributed by atoms with Crippen LogP contribution in [0.5, 0.6) is 0 Å². The molecule has 1 aromatic rings. The zero-order valence-corrected chi connectivity index (χ0v) is 12.7. The van der Waals surface area contributed by atoms with Gasteiger partial charge in [-0.2, -0.15) is 18.4 Å². The molecule has 0 fully saturated rings. The molecule has 0 aliphatic carbocycles. The van der Waals surface area contributed by atoms with E-state index in [9.17, 15) is 22.8 Å². The Morgan fingerprint density at radius 3 is 2.50 bits per heavy atom. The maximum atomic E-state index is 13.5. The van der Waals surface area contributed by atoms with Gasteiger partial charge in [-0.3, -0.25) is 9.59 Å². The van der Waals surface area contributed by atoms with Crippen LogP contribution in [-0.4, -0.2) is 23.5 Å². The van der Waals surface area contributed by atoms with Crippen LogP contribution in [0.4, 0.5) is 13.2 Å². The smallest absolute Gasteiger partial charge is 0.330 e. The second-order valence-corrected chi connectivity index (χ2v) is 5.35.